The van der Waals surface area contributed by atoms with Crippen molar-refractivity contribution in [3.05, 3.63) is 53.3 Å². The van der Waals surface area contributed by atoms with E-state index in [2.05, 4.69) is 53.9 Å². The van der Waals surface area contributed by atoms with Gasteiger partial charge in [-0.1, -0.05) is 30.3 Å². The number of rotatable bonds is 3. The van der Waals surface area contributed by atoms with E-state index < -0.39 is 0 Å². The van der Waals surface area contributed by atoms with E-state index in [1.807, 2.05) is 11.7 Å². The predicted molar refractivity (Wildman–Crippen MR) is 77.2 cm³/mol. The highest BCUT2D eigenvalue weighted by Crippen LogP contribution is 2.31. The molecule has 1 aliphatic rings. The maximum atomic E-state index is 4.49. The highest BCUT2D eigenvalue weighted by molar-refractivity contribution is 5.26. The lowest BCUT2D eigenvalue weighted by Gasteiger charge is -2.19. The summed E-state index contributed by atoms with van der Waals surface area (Å²) >= 11 is 0. The van der Waals surface area contributed by atoms with E-state index in [-0.39, 0.29) is 0 Å². The molecule has 1 aromatic carbocycles. The Labute approximate surface area is 114 Å². The molecule has 2 atom stereocenters. The largest absolute Gasteiger partial charge is 0.313 e. The monoisotopic (exact) mass is 255 g/mol. The molecule has 0 aliphatic carbocycles. The topological polar surface area (TPSA) is 29.9 Å². The lowest BCUT2D eigenvalue weighted by atomic mass is 9.89. The second kappa shape index (κ2) is 5.17. The number of aromatic nitrogens is 2. The summed E-state index contributed by atoms with van der Waals surface area (Å²) in [6.07, 6.45) is 4.49. The molecule has 3 heteroatoms. The lowest BCUT2D eigenvalue weighted by molar-refractivity contribution is 0.542. The predicted octanol–water partition coefficient (Wildman–Crippen LogP) is 2.42. The molecule has 2 aromatic rings. The molecule has 1 N–H and O–H groups in total. The molecule has 1 aromatic heterocycles. The first-order valence-corrected chi connectivity index (χ1v) is 7.01. The third-order valence-electron chi connectivity index (χ3n) is 4.10. The molecule has 1 fully saturated rings. The van der Waals surface area contributed by atoms with Gasteiger partial charge in [-0.2, -0.15) is 5.10 Å². The first-order chi connectivity index (χ1) is 9.24. The third-order valence-corrected chi connectivity index (χ3v) is 4.10. The van der Waals surface area contributed by atoms with Crippen LogP contribution in [0.4, 0.5) is 0 Å². The van der Waals surface area contributed by atoms with Crippen LogP contribution in [0.3, 0.4) is 0 Å². The van der Waals surface area contributed by atoms with Crippen molar-refractivity contribution < 1.29 is 0 Å². The van der Waals surface area contributed by atoms with Gasteiger partial charge in [0.25, 0.3) is 0 Å². The molecular weight excluding hydrogens is 234 g/mol. The van der Waals surface area contributed by atoms with Gasteiger partial charge < -0.3 is 5.32 Å². The fourth-order valence-electron chi connectivity index (χ4n) is 3.20. The maximum Gasteiger partial charge on any atom is 0.0628 e. The van der Waals surface area contributed by atoms with Crippen LogP contribution in [0.2, 0.25) is 0 Å². The van der Waals surface area contributed by atoms with Crippen molar-refractivity contribution >= 4 is 0 Å². The quantitative estimate of drug-likeness (QED) is 0.913. The molecule has 1 saturated heterocycles. The van der Waals surface area contributed by atoms with Crippen molar-refractivity contribution in [2.45, 2.75) is 31.7 Å². The fourth-order valence-corrected chi connectivity index (χ4v) is 3.20. The van der Waals surface area contributed by atoms with E-state index >= 15 is 0 Å². The molecule has 1 aliphatic heterocycles. The van der Waals surface area contributed by atoms with E-state index in [9.17, 15) is 0 Å². The van der Waals surface area contributed by atoms with E-state index in [1.54, 1.807) is 0 Å². The average molecular weight is 255 g/mol. The number of nitrogens with zero attached hydrogens (tertiary/aromatic N) is 2. The molecule has 3 nitrogen and oxygen atoms in total. The van der Waals surface area contributed by atoms with E-state index in [0.29, 0.717) is 12.0 Å². The van der Waals surface area contributed by atoms with Crippen molar-refractivity contribution in [2.24, 2.45) is 7.05 Å². The van der Waals surface area contributed by atoms with Crippen LogP contribution in [0.15, 0.2) is 36.5 Å². The Bertz CT molecular complexity index is 544. The standard InChI is InChI=1S/C16H21N3/c1-12-15(11-19(2)18-12)14-8-9-17-16(14)10-13-6-4-3-5-7-13/h3-7,11,14,16-17H,8-10H2,1-2H3. The Morgan fingerprint density at radius 2 is 2.11 bits per heavy atom. The highest BCUT2D eigenvalue weighted by Gasteiger charge is 2.30. The molecule has 0 bridgehead atoms. The summed E-state index contributed by atoms with van der Waals surface area (Å²) in [6.45, 7) is 3.23. The Morgan fingerprint density at radius 1 is 1.32 bits per heavy atom. The molecule has 3 rings (SSSR count). The van der Waals surface area contributed by atoms with Gasteiger partial charge in [0, 0.05) is 25.2 Å². The number of nitrogens with one attached hydrogen (secondary N) is 1. The maximum absolute atomic E-state index is 4.49. The summed E-state index contributed by atoms with van der Waals surface area (Å²) in [5.74, 6) is 0.592. The van der Waals surface area contributed by atoms with Crippen LogP contribution in [0.1, 0.15) is 29.2 Å². The number of hydrogen-bond acceptors (Lipinski definition) is 2. The van der Waals surface area contributed by atoms with Crippen molar-refractivity contribution in [3.63, 3.8) is 0 Å². The molecule has 0 radical (unpaired) electrons. The van der Waals surface area contributed by atoms with Gasteiger partial charge in [-0.25, -0.2) is 0 Å². The summed E-state index contributed by atoms with van der Waals surface area (Å²) in [7, 11) is 2.01. The van der Waals surface area contributed by atoms with Crippen LogP contribution < -0.4 is 5.32 Å². The zero-order valence-electron chi connectivity index (χ0n) is 11.6. The summed E-state index contributed by atoms with van der Waals surface area (Å²) in [6, 6.07) is 11.3. The van der Waals surface area contributed by atoms with Gasteiger partial charge >= 0.3 is 0 Å². The van der Waals surface area contributed by atoms with Crippen LogP contribution in [0, 0.1) is 6.92 Å². The van der Waals surface area contributed by atoms with Crippen molar-refractivity contribution in [1.82, 2.24) is 15.1 Å². The van der Waals surface area contributed by atoms with Gasteiger partial charge in [0.15, 0.2) is 0 Å². The molecule has 100 valence electrons. The molecule has 0 spiro atoms. The van der Waals surface area contributed by atoms with Crippen LogP contribution in [0.25, 0.3) is 0 Å². The summed E-state index contributed by atoms with van der Waals surface area (Å²) in [5, 5.41) is 8.14. The zero-order chi connectivity index (χ0) is 13.2. The number of aryl methyl sites for hydroxylation is 2. The third kappa shape index (κ3) is 2.56. The molecule has 2 unspecified atom stereocenters. The van der Waals surface area contributed by atoms with Crippen molar-refractivity contribution in [1.29, 1.82) is 0 Å². The summed E-state index contributed by atoms with van der Waals surface area (Å²) in [5.41, 5.74) is 4.00. The lowest BCUT2D eigenvalue weighted by Crippen LogP contribution is -2.28. The van der Waals surface area contributed by atoms with Crippen LogP contribution >= 0.6 is 0 Å². The first-order valence-electron chi connectivity index (χ1n) is 7.01. The van der Waals surface area contributed by atoms with Gasteiger partial charge in [0.1, 0.15) is 0 Å². The molecular formula is C16H21N3. The minimum atomic E-state index is 0.533. The SMILES string of the molecule is Cc1nn(C)cc1C1CCNC1Cc1ccccc1. The van der Waals surface area contributed by atoms with Gasteiger partial charge in [-0.15, -0.1) is 0 Å². The Morgan fingerprint density at radius 3 is 2.79 bits per heavy atom. The minimum absolute atomic E-state index is 0.533. The van der Waals surface area contributed by atoms with E-state index in [4.69, 9.17) is 0 Å². The first kappa shape index (κ1) is 12.4. The van der Waals surface area contributed by atoms with Gasteiger partial charge in [0.05, 0.1) is 5.69 Å². The smallest absolute Gasteiger partial charge is 0.0628 e. The van der Waals surface area contributed by atoms with Crippen molar-refractivity contribution in [3.8, 4) is 0 Å². The van der Waals surface area contributed by atoms with Gasteiger partial charge in [0.2, 0.25) is 0 Å². The molecule has 2 heterocycles. The molecule has 19 heavy (non-hydrogen) atoms. The van der Waals surface area contributed by atoms with E-state index in [1.165, 1.54) is 23.2 Å². The molecule has 0 amide bonds. The van der Waals surface area contributed by atoms with Gasteiger partial charge in [-0.05, 0) is 37.4 Å². The number of benzene rings is 1. The summed E-state index contributed by atoms with van der Waals surface area (Å²) < 4.78 is 1.93. The fraction of sp³-hybridized carbons (Fsp3) is 0.438. The number of hydrogen-bond donors (Lipinski definition) is 1. The van der Waals surface area contributed by atoms with Crippen LogP contribution in [-0.2, 0) is 13.5 Å². The van der Waals surface area contributed by atoms with Gasteiger partial charge in [-0.3, -0.25) is 4.68 Å². The Kier molecular flexibility index (Phi) is 3.38. The summed E-state index contributed by atoms with van der Waals surface area (Å²) in [4.78, 5) is 0. The van der Waals surface area contributed by atoms with Crippen molar-refractivity contribution in [2.75, 3.05) is 6.54 Å². The van der Waals surface area contributed by atoms with Crippen LogP contribution in [0.5, 0.6) is 0 Å². The second-order valence-corrected chi connectivity index (χ2v) is 5.49. The zero-order valence-corrected chi connectivity index (χ0v) is 11.6. The molecule has 0 saturated carbocycles. The normalized spacial score (nSPS) is 22.8. The van der Waals surface area contributed by atoms with Crippen LogP contribution in [-0.4, -0.2) is 22.4 Å². The van der Waals surface area contributed by atoms with E-state index in [0.717, 1.165) is 13.0 Å². The Balaban J connectivity index is 1.80. The Hall–Kier alpha value is -1.61. The highest BCUT2D eigenvalue weighted by atomic mass is 15.2. The second-order valence-electron chi connectivity index (χ2n) is 5.49. The minimum Gasteiger partial charge on any atom is -0.313 e. The average Bonchev–Trinajstić information content (AvgIpc) is 2.97.